The first-order valence-corrected chi connectivity index (χ1v) is 6.71. The standard InChI is InChI=1S/C13H16N6O2/c14-11-6-12(16-8-15-11)18-3-4-19-10(7-18)5-9(17-19)1-2-13(20)21/h5-6,8H,1-4,7H2,(H,20,21)(H2,14,15,16). The number of carboxylic acids is 1. The second kappa shape index (κ2) is 5.39. The van der Waals surface area contributed by atoms with Gasteiger partial charge in [0.15, 0.2) is 0 Å². The molecule has 0 aliphatic carbocycles. The van der Waals surface area contributed by atoms with Gasteiger partial charge in [-0.1, -0.05) is 0 Å². The number of rotatable bonds is 4. The van der Waals surface area contributed by atoms with Gasteiger partial charge in [-0.2, -0.15) is 5.10 Å². The zero-order valence-electron chi connectivity index (χ0n) is 11.4. The van der Waals surface area contributed by atoms with E-state index in [1.54, 1.807) is 6.07 Å². The Morgan fingerprint density at radius 1 is 1.33 bits per heavy atom. The number of carboxylic acid groups (broad SMARTS) is 1. The Kier molecular flexibility index (Phi) is 3.43. The molecule has 110 valence electrons. The van der Waals surface area contributed by atoms with Gasteiger partial charge in [0.05, 0.1) is 30.9 Å². The van der Waals surface area contributed by atoms with Crippen LogP contribution in [-0.2, 0) is 24.3 Å². The summed E-state index contributed by atoms with van der Waals surface area (Å²) in [5.74, 6) is 0.433. The summed E-state index contributed by atoms with van der Waals surface area (Å²) < 4.78 is 1.93. The van der Waals surface area contributed by atoms with Gasteiger partial charge in [0.1, 0.15) is 18.0 Å². The Morgan fingerprint density at radius 2 is 2.19 bits per heavy atom. The normalized spacial score (nSPS) is 14.0. The van der Waals surface area contributed by atoms with Crippen LogP contribution in [0.3, 0.4) is 0 Å². The van der Waals surface area contributed by atoms with E-state index in [1.165, 1.54) is 6.33 Å². The molecule has 2 aromatic heterocycles. The van der Waals surface area contributed by atoms with Crippen LogP contribution in [0.5, 0.6) is 0 Å². The van der Waals surface area contributed by atoms with Crippen LogP contribution in [0.2, 0.25) is 0 Å². The molecule has 3 N–H and O–H groups in total. The van der Waals surface area contributed by atoms with Crippen LogP contribution in [0.4, 0.5) is 11.6 Å². The van der Waals surface area contributed by atoms with E-state index in [0.29, 0.717) is 18.8 Å². The number of nitrogens with two attached hydrogens (primary N) is 1. The highest BCUT2D eigenvalue weighted by atomic mass is 16.4. The van der Waals surface area contributed by atoms with Gasteiger partial charge in [-0.15, -0.1) is 0 Å². The lowest BCUT2D eigenvalue weighted by Crippen LogP contribution is -2.34. The summed E-state index contributed by atoms with van der Waals surface area (Å²) in [5, 5.41) is 13.2. The van der Waals surface area contributed by atoms with Gasteiger partial charge < -0.3 is 15.7 Å². The summed E-state index contributed by atoms with van der Waals surface area (Å²) in [6, 6.07) is 3.71. The van der Waals surface area contributed by atoms with Gasteiger partial charge in [-0.05, 0) is 6.07 Å². The second-order valence-electron chi connectivity index (χ2n) is 4.97. The number of hydrogen-bond donors (Lipinski definition) is 2. The molecule has 0 amide bonds. The second-order valence-corrected chi connectivity index (χ2v) is 4.97. The first-order valence-electron chi connectivity index (χ1n) is 6.71. The van der Waals surface area contributed by atoms with E-state index in [2.05, 4.69) is 20.0 Å². The molecule has 0 radical (unpaired) electrons. The fourth-order valence-electron chi connectivity index (χ4n) is 2.41. The summed E-state index contributed by atoms with van der Waals surface area (Å²) in [6.45, 7) is 2.20. The monoisotopic (exact) mass is 288 g/mol. The lowest BCUT2D eigenvalue weighted by molar-refractivity contribution is -0.136. The fourth-order valence-corrected chi connectivity index (χ4v) is 2.41. The van der Waals surface area contributed by atoms with Crippen molar-refractivity contribution in [2.24, 2.45) is 0 Å². The number of carbonyl (C=O) groups is 1. The van der Waals surface area contributed by atoms with Crippen LogP contribution in [0.1, 0.15) is 17.8 Å². The van der Waals surface area contributed by atoms with Gasteiger partial charge in [0.25, 0.3) is 0 Å². The zero-order valence-corrected chi connectivity index (χ0v) is 11.4. The van der Waals surface area contributed by atoms with Crippen molar-refractivity contribution < 1.29 is 9.90 Å². The first kappa shape index (κ1) is 13.3. The molecular weight excluding hydrogens is 272 g/mol. The third-order valence-electron chi connectivity index (χ3n) is 3.44. The van der Waals surface area contributed by atoms with Crippen LogP contribution < -0.4 is 10.6 Å². The third-order valence-corrected chi connectivity index (χ3v) is 3.44. The molecule has 0 spiro atoms. The van der Waals surface area contributed by atoms with E-state index in [4.69, 9.17) is 10.8 Å². The fraction of sp³-hybridized carbons (Fsp3) is 0.385. The molecule has 1 aliphatic heterocycles. The molecule has 0 bridgehead atoms. The minimum Gasteiger partial charge on any atom is -0.481 e. The van der Waals surface area contributed by atoms with Crippen molar-refractivity contribution in [3.05, 3.63) is 29.8 Å². The highest BCUT2D eigenvalue weighted by Gasteiger charge is 2.19. The summed E-state index contributed by atoms with van der Waals surface area (Å²) in [6.07, 6.45) is 2.01. The molecule has 0 unspecified atom stereocenters. The Balaban J connectivity index is 1.74. The van der Waals surface area contributed by atoms with Gasteiger partial charge in [0, 0.05) is 19.0 Å². The maximum absolute atomic E-state index is 10.6. The summed E-state index contributed by atoms with van der Waals surface area (Å²) in [7, 11) is 0. The number of aryl methyl sites for hydroxylation is 1. The molecule has 1 aliphatic rings. The van der Waals surface area contributed by atoms with Crippen LogP contribution in [-0.4, -0.2) is 37.4 Å². The Labute approximate surface area is 121 Å². The molecule has 0 aromatic carbocycles. The predicted octanol–water partition coefficient (Wildman–Crippen LogP) is 0.293. The van der Waals surface area contributed by atoms with Gasteiger partial charge >= 0.3 is 5.97 Å². The number of fused-ring (bicyclic) bond motifs is 1. The van der Waals surface area contributed by atoms with Crippen molar-refractivity contribution in [1.82, 2.24) is 19.7 Å². The third kappa shape index (κ3) is 2.93. The van der Waals surface area contributed by atoms with Crippen LogP contribution >= 0.6 is 0 Å². The maximum Gasteiger partial charge on any atom is 0.303 e. The molecule has 21 heavy (non-hydrogen) atoms. The van der Waals surface area contributed by atoms with E-state index < -0.39 is 5.97 Å². The van der Waals surface area contributed by atoms with Gasteiger partial charge in [-0.3, -0.25) is 9.48 Å². The number of aliphatic carboxylic acids is 1. The largest absolute Gasteiger partial charge is 0.481 e. The molecule has 8 heteroatoms. The topological polar surface area (TPSA) is 110 Å². The molecule has 2 aromatic rings. The molecule has 3 rings (SSSR count). The van der Waals surface area contributed by atoms with Crippen molar-refractivity contribution in [3.63, 3.8) is 0 Å². The van der Waals surface area contributed by atoms with E-state index in [-0.39, 0.29) is 6.42 Å². The SMILES string of the molecule is Nc1cc(N2CCn3nc(CCC(=O)O)cc3C2)ncn1. The van der Waals surface area contributed by atoms with Crippen LogP contribution in [0.15, 0.2) is 18.5 Å². The molecule has 0 saturated carbocycles. The van der Waals surface area contributed by atoms with Crippen molar-refractivity contribution in [1.29, 1.82) is 0 Å². The highest BCUT2D eigenvalue weighted by Crippen LogP contribution is 2.20. The van der Waals surface area contributed by atoms with Crippen LogP contribution in [0, 0.1) is 0 Å². The molecule has 8 nitrogen and oxygen atoms in total. The number of hydrogen-bond acceptors (Lipinski definition) is 6. The zero-order chi connectivity index (χ0) is 14.8. The number of aromatic nitrogens is 4. The van der Waals surface area contributed by atoms with Crippen molar-refractivity contribution >= 4 is 17.6 Å². The average Bonchev–Trinajstić information content (AvgIpc) is 2.87. The minimum atomic E-state index is -0.806. The van der Waals surface area contributed by atoms with Crippen molar-refractivity contribution in [3.8, 4) is 0 Å². The van der Waals surface area contributed by atoms with Gasteiger partial charge in [-0.25, -0.2) is 9.97 Å². The average molecular weight is 288 g/mol. The highest BCUT2D eigenvalue weighted by molar-refractivity contribution is 5.66. The smallest absolute Gasteiger partial charge is 0.303 e. The quantitative estimate of drug-likeness (QED) is 0.832. The molecule has 0 atom stereocenters. The minimum absolute atomic E-state index is 0.0998. The number of nitrogen functional groups attached to an aromatic ring is 1. The summed E-state index contributed by atoms with van der Waals surface area (Å²) in [4.78, 5) is 20.8. The number of nitrogens with zero attached hydrogens (tertiary/aromatic N) is 5. The van der Waals surface area contributed by atoms with E-state index >= 15 is 0 Å². The molecule has 3 heterocycles. The summed E-state index contributed by atoms with van der Waals surface area (Å²) >= 11 is 0. The molecular formula is C13H16N6O2. The van der Waals surface area contributed by atoms with Crippen molar-refractivity contribution in [2.45, 2.75) is 25.9 Å². The van der Waals surface area contributed by atoms with Crippen LogP contribution in [0.25, 0.3) is 0 Å². The van der Waals surface area contributed by atoms with E-state index in [0.717, 1.165) is 30.3 Å². The molecule has 0 fully saturated rings. The van der Waals surface area contributed by atoms with E-state index in [9.17, 15) is 4.79 Å². The van der Waals surface area contributed by atoms with E-state index in [1.807, 2.05) is 10.7 Å². The molecule has 0 saturated heterocycles. The predicted molar refractivity (Wildman–Crippen MR) is 75.7 cm³/mol. The lowest BCUT2D eigenvalue weighted by atomic mass is 10.2. The van der Waals surface area contributed by atoms with Gasteiger partial charge in [0.2, 0.25) is 0 Å². The first-order chi connectivity index (χ1) is 10.1. The summed E-state index contributed by atoms with van der Waals surface area (Å²) in [5.41, 5.74) is 7.55. The lowest BCUT2D eigenvalue weighted by Gasteiger charge is -2.28. The Bertz CT molecular complexity index is 668. The Morgan fingerprint density at radius 3 is 2.95 bits per heavy atom. The number of anilines is 2. The maximum atomic E-state index is 10.6. The Hall–Kier alpha value is -2.64. The van der Waals surface area contributed by atoms with Crippen molar-refractivity contribution in [2.75, 3.05) is 17.2 Å².